The van der Waals surface area contributed by atoms with Crippen molar-refractivity contribution in [1.29, 1.82) is 0 Å². The third-order valence-electron chi connectivity index (χ3n) is 1.95. The zero-order valence-electron chi connectivity index (χ0n) is 8.60. The van der Waals surface area contributed by atoms with Crippen LogP contribution in [0.15, 0.2) is 35.1 Å². The summed E-state index contributed by atoms with van der Waals surface area (Å²) in [4.78, 5) is 7.76. The quantitative estimate of drug-likeness (QED) is 0.946. The third kappa shape index (κ3) is 2.98. The van der Waals surface area contributed by atoms with Gasteiger partial charge in [-0.05, 0) is 18.2 Å². The fraction of sp³-hybridized carbons (Fsp3) is 0.0909. The molecule has 1 aromatic heterocycles. The van der Waals surface area contributed by atoms with Crippen LogP contribution in [0.4, 0.5) is 4.39 Å². The summed E-state index contributed by atoms with van der Waals surface area (Å²) in [5.41, 5.74) is 0.423. The third-order valence-corrected chi connectivity index (χ3v) is 2.44. The zero-order valence-corrected chi connectivity index (χ0v) is 10.2. The summed E-state index contributed by atoms with van der Waals surface area (Å²) in [7, 11) is 0. The normalized spacial score (nSPS) is 10.3. The first-order valence-electron chi connectivity index (χ1n) is 4.73. The molecular formula is C11H8BrFN2O2. The van der Waals surface area contributed by atoms with Crippen molar-refractivity contribution in [1.82, 2.24) is 9.97 Å². The molecule has 0 saturated carbocycles. The maximum Gasteiger partial charge on any atom is 0.237 e. The van der Waals surface area contributed by atoms with E-state index in [1.807, 2.05) is 0 Å². The lowest BCUT2D eigenvalue weighted by Crippen LogP contribution is -1.95. The Hall–Kier alpha value is -1.53. The molecule has 0 aliphatic rings. The molecule has 2 aromatic rings. The van der Waals surface area contributed by atoms with E-state index < -0.39 is 5.82 Å². The van der Waals surface area contributed by atoms with E-state index in [1.165, 1.54) is 24.5 Å². The molecule has 1 aromatic carbocycles. The fourth-order valence-corrected chi connectivity index (χ4v) is 1.49. The molecule has 0 radical (unpaired) electrons. The van der Waals surface area contributed by atoms with Gasteiger partial charge >= 0.3 is 0 Å². The number of benzene rings is 1. The van der Waals surface area contributed by atoms with Crippen LogP contribution in [0.2, 0.25) is 0 Å². The molecule has 4 nitrogen and oxygen atoms in total. The molecule has 0 unspecified atom stereocenters. The predicted molar refractivity (Wildman–Crippen MR) is 62.1 cm³/mol. The Balaban J connectivity index is 2.22. The van der Waals surface area contributed by atoms with Gasteiger partial charge in [-0.1, -0.05) is 15.9 Å². The van der Waals surface area contributed by atoms with E-state index in [-0.39, 0.29) is 18.2 Å². The molecule has 6 heteroatoms. The summed E-state index contributed by atoms with van der Waals surface area (Å²) >= 11 is 3.22. The second kappa shape index (κ2) is 5.20. The highest BCUT2D eigenvalue weighted by Gasteiger charge is 2.06. The van der Waals surface area contributed by atoms with Crippen LogP contribution < -0.4 is 4.74 Å². The second-order valence-corrected chi connectivity index (χ2v) is 4.10. The number of aliphatic hydroxyl groups excluding tert-OH is 1. The van der Waals surface area contributed by atoms with Crippen LogP contribution in [-0.4, -0.2) is 15.1 Å². The molecular weight excluding hydrogens is 291 g/mol. The van der Waals surface area contributed by atoms with E-state index in [0.29, 0.717) is 10.2 Å². The Morgan fingerprint density at radius 3 is 2.76 bits per heavy atom. The maximum atomic E-state index is 13.4. The van der Waals surface area contributed by atoms with Gasteiger partial charge in [-0.15, -0.1) is 0 Å². The number of ether oxygens (including phenoxy) is 1. The monoisotopic (exact) mass is 298 g/mol. The molecule has 17 heavy (non-hydrogen) atoms. The average Bonchev–Trinajstić information content (AvgIpc) is 2.35. The highest BCUT2D eigenvalue weighted by Crippen LogP contribution is 2.25. The topological polar surface area (TPSA) is 55.2 Å². The minimum absolute atomic E-state index is 0.0606. The van der Waals surface area contributed by atoms with Gasteiger partial charge in [0.1, 0.15) is 0 Å². The van der Waals surface area contributed by atoms with Crippen molar-refractivity contribution in [2.75, 3.05) is 0 Å². The van der Waals surface area contributed by atoms with Crippen molar-refractivity contribution in [3.63, 3.8) is 0 Å². The molecule has 0 bridgehead atoms. The number of rotatable bonds is 3. The van der Waals surface area contributed by atoms with Crippen LogP contribution in [-0.2, 0) is 6.61 Å². The summed E-state index contributed by atoms with van der Waals surface area (Å²) in [5.74, 6) is -0.258. The Labute approximate surface area is 105 Å². The van der Waals surface area contributed by atoms with E-state index in [9.17, 15) is 4.39 Å². The maximum absolute atomic E-state index is 13.4. The predicted octanol–water partition coefficient (Wildman–Crippen LogP) is 2.66. The molecule has 1 N–H and O–H groups in total. The SMILES string of the molecule is OCc1cnc(Oc2cc(Br)ccc2F)cn1. The van der Waals surface area contributed by atoms with Crippen molar-refractivity contribution in [3.05, 3.63) is 46.6 Å². The summed E-state index contributed by atoms with van der Waals surface area (Å²) in [5, 5.41) is 8.79. The number of nitrogens with zero attached hydrogens (tertiary/aromatic N) is 2. The Morgan fingerprint density at radius 1 is 1.29 bits per heavy atom. The summed E-state index contributed by atoms with van der Waals surface area (Å²) < 4.78 is 19.3. The van der Waals surface area contributed by atoms with Gasteiger partial charge in [-0.2, -0.15) is 0 Å². The smallest absolute Gasteiger partial charge is 0.237 e. The van der Waals surface area contributed by atoms with Gasteiger partial charge in [0.05, 0.1) is 24.7 Å². The van der Waals surface area contributed by atoms with E-state index >= 15 is 0 Å². The van der Waals surface area contributed by atoms with E-state index in [4.69, 9.17) is 9.84 Å². The minimum atomic E-state index is -0.485. The van der Waals surface area contributed by atoms with Crippen molar-refractivity contribution in [3.8, 4) is 11.6 Å². The molecule has 0 fully saturated rings. The number of hydrogen-bond donors (Lipinski definition) is 1. The van der Waals surface area contributed by atoms with Crippen molar-refractivity contribution >= 4 is 15.9 Å². The van der Waals surface area contributed by atoms with Gasteiger partial charge in [0.15, 0.2) is 11.6 Å². The van der Waals surface area contributed by atoms with Crippen LogP contribution in [0.5, 0.6) is 11.6 Å². The van der Waals surface area contributed by atoms with Crippen LogP contribution in [0.25, 0.3) is 0 Å². The second-order valence-electron chi connectivity index (χ2n) is 3.18. The van der Waals surface area contributed by atoms with Gasteiger partial charge in [-0.3, -0.25) is 4.98 Å². The van der Waals surface area contributed by atoms with Gasteiger partial charge in [0, 0.05) is 4.47 Å². The first kappa shape index (κ1) is 11.9. The lowest BCUT2D eigenvalue weighted by atomic mass is 10.3. The van der Waals surface area contributed by atoms with Crippen LogP contribution >= 0.6 is 15.9 Å². The van der Waals surface area contributed by atoms with Crippen molar-refractivity contribution < 1.29 is 14.2 Å². The number of halogens is 2. The first-order chi connectivity index (χ1) is 8.19. The lowest BCUT2D eigenvalue weighted by Gasteiger charge is -2.06. The largest absolute Gasteiger partial charge is 0.434 e. The standard InChI is InChI=1S/C11H8BrFN2O2/c12-7-1-2-9(13)10(3-7)17-11-5-14-8(6-16)4-15-11/h1-5,16H,6H2. The van der Waals surface area contributed by atoms with E-state index in [2.05, 4.69) is 25.9 Å². The Morgan fingerprint density at radius 2 is 2.12 bits per heavy atom. The molecule has 2 rings (SSSR count). The lowest BCUT2D eigenvalue weighted by molar-refractivity contribution is 0.275. The molecule has 0 saturated heterocycles. The number of aromatic nitrogens is 2. The first-order valence-corrected chi connectivity index (χ1v) is 5.53. The zero-order chi connectivity index (χ0) is 12.3. The van der Waals surface area contributed by atoms with Gasteiger partial charge in [0.25, 0.3) is 0 Å². The summed E-state index contributed by atoms with van der Waals surface area (Å²) in [6.45, 7) is -0.196. The molecule has 0 spiro atoms. The molecule has 0 atom stereocenters. The highest BCUT2D eigenvalue weighted by atomic mass is 79.9. The Bertz CT molecular complexity index is 519. The summed E-state index contributed by atoms with van der Waals surface area (Å²) in [6, 6.07) is 4.36. The van der Waals surface area contributed by atoms with Crippen LogP contribution in [0, 0.1) is 5.82 Å². The van der Waals surface area contributed by atoms with E-state index in [1.54, 1.807) is 6.07 Å². The van der Waals surface area contributed by atoms with E-state index in [0.717, 1.165) is 0 Å². The van der Waals surface area contributed by atoms with Crippen molar-refractivity contribution in [2.45, 2.75) is 6.61 Å². The van der Waals surface area contributed by atoms with Crippen LogP contribution in [0.1, 0.15) is 5.69 Å². The van der Waals surface area contributed by atoms with Gasteiger partial charge < -0.3 is 9.84 Å². The minimum Gasteiger partial charge on any atom is -0.434 e. The van der Waals surface area contributed by atoms with Crippen LogP contribution in [0.3, 0.4) is 0 Å². The average molecular weight is 299 g/mol. The molecule has 88 valence electrons. The molecule has 1 heterocycles. The van der Waals surface area contributed by atoms with Crippen molar-refractivity contribution in [2.24, 2.45) is 0 Å². The number of hydrogen-bond acceptors (Lipinski definition) is 4. The molecule has 0 aliphatic carbocycles. The fourth-order valence-electron chi connectivity index (χ4n) is 1.15. The summed E-state index contributed by atoms with van der Waals surface area (Å²) in [6.07, 6.45) is 2.69. The van der Waals surface area contributed by atoms with Gasteiger partial charge in [-0.25, -0.2) is 9.37 Å². The Kier molecular flexibility index (Phi) is 3.65. The molecule has 0 amide bonds. The highest BCUT2D eigenvalue weighted by molar-refractivity contribution is 9.10. The number of aliphatic hydroxyl groups is 1. The van der Waals surface area contributed by atoms with Gasteiger partial charge in [0.2, 0.25) is 5.88 Å². The molecule has 0 aliphatic heterocycles.